The number of rotatable bonds is 3. The van der Waals surface area contributed by atoms with E-state index in [9.17, 15) is 14.7 Å². The SMILES string of the molecule is C[C@H]1C[C@@H]2OC(=O)C3=C[C@@H](O)C[C@@H]([C@]1(C)CCC1=CC(=O)OC1)[C@]32C. The zero-order chi connectivity index (χ0) is 18.0. The van der Waals surface area contributed by atoms with Gasteiger partial charge in [-0.25, -0.2) is 9.59 Å². The van der Waals surface area contributed by atoms with E-state index in [1.807, 2.05) is 0 Å². The molecule has 4 rings (SSSR count). The third-order valence-electron chi connectivity index (χ3n) is 7.47. The van der Waals surface area contributed by atoms with Crippen LogP contribution in [0.3, 0.4) is 0 Å². The molecule has 0 spiro atoms. The van der Waals surface area contributed by atoms with Crippen molar-refractivity contribution in [2.45, 2.75) is 58.7 Å². The molecule has 0 aromatic heterocycles. The minimum absolute atomic E-state index is 0.0355. The Bertz CT molecular complexity index is 692. The average Bonchev–Trinajstić information content (AvgIpc) is 3.07. The van der Waals surface area contributed by atoms with Crippen molar-refractivity contribution in [1.82, 2.24) is 0 Å². The molecule has 0 unspecified atom stereocenters. The molecule has 0 amide bonds. The highest BCUT2D eigenvalue weighted by Gasteiger charge is 2.65. The maximum atomic E-state index is 12.4. The maximum absolute atomic E-state index is 12.4. The Morgan fingerprint density at radius 2 is 2.04 bits per heavy atom. The number of esters is 2. The predicted octanol–water partition coefficient (Wildman–Crippen LogP) is 2.53. The van der Waals surface area contributed by atoms with Crippen molar-refractivity contribution in [3.8, 4) is 0 Å². The summed E-state index contributed by atoms with van der Waals surface area (Å²) in [4.78, 5) is 23.7. The monoisotopic (exact) mass is 346 g/mol. The largest absolute Gasteiger partial charge is 0.458 e. The molecule has 0 radical (unpaired) electrons. The van der Waals surface area contributed by atoms with E-state index in [0.717, 1.165) is 24.8 Å². The normalized spacial score (nSPS) is 45.4. The number of cyclic esters (lactones) is 1. The van der Waals surface area contributed by atoms with Gasteiger partial charge in [0.15, 0.2) is 0 Å². The van der Waals surface area contributed by atoms with E-state index in [2.05, 4.69) is 20.8 Å². The number of hydrogen-bond acceptors (Lipinski definition) is 5. The van der Waals surface area contributed by atoms with Gasteiger partial charge in [0, 0.05) is 17.1 Å². The van der Waals surface area contributed by atoms with Crippen LogP contribution in [0.4, 0.5) is 0 Å². The third-order valence-corrected chi connectivity index (χ3v) is 7.47. The molecule has 1 saturated heterocycles. The molecule has 2 fully saturated rings. The van der Waals surface area contributed by atoms with Crippen molar-refractivity contribution in [2.75, 3.05) is 6.61 Å². The van der Waals surface area contributed by atoms with Crippen LogP contribution in [-0.4, -0.2) is 35.9 Å². The van der Waals surface area contributed by atoms with Crippen molar-refractivity contribution < 1.29 is 24.2 Å². The summed E-state index contributed by atoms with van der Waals surface area (Å²) in [6.45, 7) is 7.03. The van der Waals surface area contributed by atoms with Gasteiger partial charge in [-0.2, -0.15) is 0 Å². The molecule has 5 nitrogen and oxygen atoms in total. The van der Waals surface area contributed by atoms with Crippen LogP contribution in [0.1, 0.15) is 46.5 Å². The zero-order valence-corrected chi connectivity index (χ0v) is 15.1. The van der Waals surface area contributed by atoms with E-state index >= 15 is 0 Å². The highest BCUT2D eigenvalue weighted by molar-refractivity contribution is 5.93. The first-order chi connectivity index (χ1) is 11.7. The first-order valence-corrected chi connectivity index (χ1v) is 9.22. The highest BCUT2D eigenvalue weighted by Crippen LogP contribution is 2.65. The van der Waals surface area contributed by atoms with Crippen molar-refractivity contribution in [1.29, 1.82) is 0 Å². The smallest absolute Gasteiger partial charge is 0.334 e. The number of carbonyl (C=O) groups excluding carboxylic acids is 2. The lowest BCUT2D eigenvalue weighted by atomic mass is 9.46. The van der Waals surface area contributed by atoms with E-state index in [0.29, 0.717) is 24.5 Å². The minimum atomic E-state index is -0.598. The van der Waals surface area contributed by atoms with E-state index in [-0.39, 0.29) is 34.8 Å². The molecule has 0 aromatic rings. The van der Waals surface area contributed by atoms with Gasteiger partial charge < -0.3 is 14.6 Å². The lowest BCUT2D eigenvalue weighted by Crippen LogP contribution is -2.56. The van der Waals surface area contributed by atoms with Gasteiger partial charge >= 0.3 is 11.9 Å². The van der Waals surface area contributed by atoms with Crippen LogP contribution in [0.25, 0.3) is 0 Å². The summed E-state index contributed by atoms with van der Waals surface area (Å²) in [5.41, 5.74) is 1.34. The van der Waals surface area contributed by atoms with Gasteiger partial charge in [-0.15, -0.1) is 0 Å². The van der Waals surface area contributed by atoms with Crippen LogP contribution in [0.2, 0.25) is 0 Å². The highest BCUT2D eigenvalue weighted by atomic mass is 16.6. The summed E-state index contributed by atoms with van der Waals surface area (Å²) < 4.78 is 10.7. The van der Waals surface area contributed by atoms with Gasteiger partial charge in [0.2, 0.25) is 0 Å². The van der Waals surface area contributed by atoms with Gasteiger partial charge in [-0.05, 0) is 54.6 Å². The Morgan fingerprint density at radius 3 is 2.72 bits per heavy atom. The first kappa shape index (κ1) is 16.8. The standard InChI is InChI=1S/C20H26O5/c1-11-6-16-20(3)14(18(23)25-16)8-13(21)9-15(20)19(11,2)5-4-12-7-17(22)24-10-12/h7-8,11,13,15-16,21H,4-6,9-10H2,1-3H3/t11-,13+,15-,16-,19+,20-/m0/s1. The lowest BCUT2D eigenvalue weighted by molar-refractivity contribution is -0.149. The average molecular weight is 346 g/mol. The number of carbonyl (C=O) groups is 2. The van der Waals surface area contributed by atoms with Gasteiger partial charge in [0.25, 0.3) is 0 Å². The van der Waals surface area contributed by atoms with E-state index in [4.69, 9.17) is 9.47 Å². The predicted molar refractivity (Wildman–Crippen MR) is 90.3 cm³/mol. The molecule has 1 N–H and O–H groups in total. The fraction of sp³-hybridized carbons (Fsp3) is 0.700. The summed E-state index contributed by atoms with van der Waals surface area (Å²) in [5.74, 6) is 0.0302. The van der Waals surface area contributed by atoms with E-state index < -0.39 is 6.10 Å². The fourth-order valence-corrected chi connectivity index (χ4v) is 5.70. The number of ether oxygens (including phenoxy) is 2. The minimum Gasteiger partial charge on any atom is -0.458 e. The molecule has 136 valence electrons. The molecule has 2 heterocycles. The Balaban J connectivity index is 1.66. The summed E-state index contributed by atoms with van der Waals surface area (Å²) in [6.07, 6.45) is 5.85. The van der Waals surface area contributed by atoms with Crippen molar-refractivity contribution in [2.24, 2.45) is 22.7 Å². The van der Waals surface area contributed by atoms with Crippen molar-refractivity contribution in [3.63, 3.8) is 0 Å². The molecular weight excluding hydrogens is 320 g/mol. The molecule has 25 heavy (non-hydrogen) atoms. The second kappa shape index (κ2) is 5.44. The van der Waals surface area contributed by atoms with Crippen LogP contribution in [-0.2, 0) is 19.1 Å². The molecule has 2 aliphatic carbocycles. The summed E-state index contributed by atoms with van der Waals surface area (Å²) >= 11 is 0. The first-order valence-electron chi connectivity index (χ1n) is 9.22. The zero-order valence-electron chi connectivity index (χ0n) is 15.1. The summed E-state index contributed by atoms with van der Waals surface area (Å²) in [6, 6.07) is 0. The topological polar surface area (TPSA) is 72.8 Å². The van der Waals surface area contributed by atoms with Crippen LogP contribution < -0.4 is 0 Å². The molecule has 4 aliphatic rings. The van der Waals surface area contributed by atoms with E-state index in [1.165, 1.54) is 0 Å². The molecule has 0 bridgehead atoms. The number of aliphatic hydroxyl groups is 1. The van der Waals surface area contributed by atoms with Gasteiger partial charge in [-0.3, -0.25) is 0 Å². The molecule has 5 heteroatoms. The summed E-state index contributed by atoms with van der Waals surface area (Å²) in [7, 11) is 0. The van der Waals surface area contributed by atoms with Crippen LogP contribution in [0.5, 0.6) is 0 Å². The molecule has 6 atom stereocenters. The van der Waals surface area contributed by atoms with Crippen molar-refractivity contribution >= 4 is 11.9 Å². The fourth-order valence-electron chi connectivity index (χ4n) is 5.70. The Labute approximate surface area is 148 Å². The lowest BCUT2D eigenvalue weighted by Gasteiger charge is -2.57. The van der Waals surface area contributed by atoms with Crippen molar-refractivity contribution in [3.05, 3.63) is 23.3 Å². The second-order valence-electron chi connectivity index (χ2n) is 8.67. The third kappa shape index (κ3) is 2.31. The van der Waals surface area contributed by atoms with Gasteiger partial charge in [0.1, 0.15) is 12.7 Å². The maximum Gasteiger partial charge on any atom is 0.334 e. The Kier molecular flexibility index (Phi) is 3.66. The Morgan fingerprint density at radius 1 is 1.28 bits per heavy atom. The summed E-state index contributed by atoms with van der Waals surface area (Å²) in [5, 5.41) is 10.4. The quantitative estimate of drug-likeness (QED) is 0.795. The number of hydrogen-bond donors (Lipinski definition) is 1. The Hall–Kier alpha value is -1.62. The van der Waals surface area contributed by atoms with E-state index in [1.54, 1.807) is 12.2 Å². The molecule has 0 aromatic carbocycles. The van der Waals surface area contributed by atoms with Crippen LogP contribution in [0, 0.1) is 22.7 Å². The van der Waals surface area contributed by atoms with Crippen LogP contribution >= 0.6 is 0 Å². The number of aliphatic hydroxyl groups excluding tert-OH is 1. The van der Waals surface area contributed by atoms with Crippen LogP contribution in [0.15, 0.2) is 23.3 Å². The molecule has 2 aliphatic heterocycles. The molecule has 1 saturated carbocycles. The van der Waals surface area contributed by atoms with Gasteiger partial charge in [0.05, 0.1) is 6.10 Å². The second-order valence-corrected chi connectivity index (χ2v) is 8.67. The van der Waals surface area contributed by atoms with Gasteiger partial charge in [-0.1, -0.05) is 20.8 Å². The molecular formula is C20H26O5.